The Bertz CT molecular complexity index is 538. The number of hydrazine groups is 1. The van der Waals surface area contributed by atoms with E-state index >= 15 is 0 Å². The van der Waals surface area contributed by atoms with Gasteiger partial charge >= 0.3 is 0 Å². The maximum atomic E-state index is 11.7. The number of nitroso groups, excluding NO2 is 1. The normalized spacial score (nSPS) is 9.56. The van der Waals surface area contributed by atoms with E-state index < -0.39 is 0 Å². The Morgan fingerprint density at radius 2 is 1.61 bits per heavy atom. The zero-order valence-corrected chi connectivity index (χ0v) is 9.46. The Kier molecular flexibility index (Phi) is 3.66. The zero-order chi connectivity index (χ0) is 12.8. The summed E-state index contributed by atoms with van der Waals surface area (Å²) in [5.74, 6) is -0.229. The van der Waals surface area contributed by atoms with Gasteiger partial charge in [0.2, 0.25) is 0 Å². The second kappa shape index (κ2) is 5.58. The molecule has 0 bridgehead atoms. The summed E-state index contributed by atoms with van der Waals surface area (Å²) in [6.45, 7) is 0. The van der Waals surface area contributed by atoms with Gasteiger partial charge in [-0.15, -0.1) is 4.91 Å². The van der Waals surface area contributed by atoms with Crippen molar-refractivity contribution >= 4 is 17.3 Å². The Morgan fingerprint density at radius 1 is 0.944 bits per heavy atom. The first-order chi connectivity index (χ1) is 8.79. The van der Waals surface area contributed by atoms with Crippen LogP contribution in [0.5, 0.6) is 0 Å². The average Bonchev–Trinajstić information content (AvgIpc) is 2.46. The number of nitrogens with zero attached hydrogens (tertiary/aromatic N) is 1. The molecule has 2 aromatic rings. The largest absolute Gasteiger partial charge is 0.298 e. The maximum Gasteiger partial charge on any atom is 0.269 e. The lowest BCUT2D eigenvalue weighted by Gasteiger charge is -2.08. The number of anilines is 1. The third kappa shape index (κ3) is 2.91. The molecule has 0 aliphatic rings. The Hall–Kier alpha value is -2.69. The zero-order valence-electron chi connectivity index (χ0n) is 9.46. The van der Waals surface area contributed by atoms with Gasteiger partial charge in [-0.2, -0.15) is 0 Å². The highest BCUT2D eigenvalue weighted by Crippen LogP contribution is 2.14. The molecule has 0 aromatic heterocycles. The summed E-state index contributed by atoms with van der Waals surface area (Å²) in [6, 6.07) is 15.3. The molecule has 0 atom stereocenters. The van der Waals surface area contributed by atoms with E-state index in [1.165, 1.54) is 0 Å². The molecule has 0 radical (unpaired) electrons. The van der Waals surface area contributed by atoms with Crippen LogP contribution in [0.15, 0.2) is 59.8 Å². The molecule has 0 aliphatic heterocycles. The molecule has 0 unspecified atom stereocenters. The molecule has 0 saturated carbocycles. The van der Waals surface area contributed by atoms with Gasteiger partial charge in [0.05, 0.1) is 5.69 Å². The van der Waals surface area contributed by atoms with Gasteiger partial charge in [-0.05, 0) is 41.6 Å². The minimum absolute atomic E-state index is 0.229. The molecule has 2 rings (SSSR count). The predicted octanol–water partition coefficient (Wildman–Crippen LogP) is 2.84. The van der Waals surface area contributed by atoms with Crippen LogP contribution in [0.3, 0.4) is 0 Å². The first-order valence-electron chi connectivity index (χ1n) is 5.34. The van der Waals surface area contributed by atoms with Crippen molar-refractivity contribution in [1.29, 1.82) is 0 Å². The molecule has 2 N–H and O–H groups in total. The third-order valence-corrected chi connectivity index (χ3v) is 2.33. The molecular weight excluding hydrogens is 230 g/mol. The fourth-order valence-electron chi connectivity index (χ4n) is 1.40. The number of hydrogen-bond donors (Lipinski definition) is 2. The highest BCUT2D eigenvalue weighted by Gasteiger charge is 2.03. The topological polar surface area (TPSA) is 70.6 Å². The Balaban J connectivity index is 1.95. The average molecular weight is 241 g/mol. The lowest BCUT2D eigenvalue weighted by Crippen LogP contribution is -2.29. The van der Waals surface area contributed by atoms with Crippen molar-refractivity contribution in [2.75, 3.05) is 5.43 Å². The quantitative estimate of drug-likeness (QED) is 0.638. The van der Waals surface area contributed by atoms with Crippen molar-refractivity contribution in [3.05, 3.63) is 65.1 Å². The SMILES string of the molecule is O=Nc1ccc(NNC(=O)c2ccccc2)cc1. The molecular formula is C13H11N3O2. The molecule has 90 valence electrons. The van der Waals surface area contributed by atoms with Crippen molar-refractivity contribution in [2.45, 2.75) is 0 Å². The molecule has 18 heavy (non-hydrogen) atoms. The van der Waals surface area contributed by atoms with Gasteiger partial charge < -0.3 is 0 Å². The third-order valence-electron chi connectivity index (χ3n) is 2.33. The molecule has 0 spiro atoms. The molecule has 0 fully saturated rings. The minimum atomic E-state index is -0.229. The lowest BCUT2D eigenvalue weighted by atomic mass is 10.2. The van der Waals surface area contributed by atoms with Crippen LogP contribution in [0, 0.1) is 4.91 Å². The van der Waals surface area contributed by atoms with E-state index in [0.29, 0.717) is 16.9 Å². The Morgan fingerprint density at radius 3 is 2.22 bits per heavy atom. The van der Waals surface area contributed by atoms with Crippen LogP contribution < -0.4 is 10.9 Å². The summed E-state index contributed by atoms with van der Waals surface area (Å²) in [7, 11) is 0. The number of carbonyl (C=O) groups is 1. The number of nitrogens with one attached hydrogen (secondary N) is 2. The van der Waals surface area contributed by atoms with Crippen LogP contribution in [0.2, 0.25) is 0 Å². The minimum Gasteiger partial charge on any atom is -0.298 e. The van der Waals surface area contributed by atoms with Crippen LogP contribution in [0.1, 0.15) is 10.4 Å². The van der Waals surface area contributed by atoms with Gasteiger partial charge in [0, 0.05) is 5.56 Å². The summed E-state index contributed by atoms with van der Waals surface area (Å²) >= 11 is 0. The van der Waals surface area contributed by atoms with Gasteiger partial charge in [-0.1, -0.05) is 18.2 Å². The number of benzene rings is 2. The highest BCUT2D eigenvalue weighted by molar-refractivity contribution is 5.94. The van der Waals surface area contributed by atoms with E-state index in [1.807, 2.05) is 6.07 Å². The van der Waals surface area contributed by atoms with Crippen LogP contribution >= 0.6 is 0 Å². The van der Waals surface area contributed by atoms with E-state index in [4.69, 9.17) is 0 Å². The Labute approximate surface area is 104 Å². The standard InChI is InChI=1S/C13H11N3O2/c17-13(10-4-2-1-3-5-10)15-14-11-6-8-12(16-18)9-7-11/h1-9,14H,(H,15,17). The van der Waals surface area contributed by atoms with E-state index in [-0.39, 0.29) is 5.91 Å². The number of rotatable bonds is 4. The molecule has 5 nitrogen and oxygen atoms in total. The van der Waals surface area contributed by atoms with Crippen molar-refractivity contribution in [3.8, 4) is 0 Å². The smallest absolute Gasteiger partial charge is 0.269 e. The van der Waals surface area contributed by atoms with Crippen LogP contribution in [0.4, 0.5) is 11.4 Å². The molecule has 1 amide bonds. The van der Waals surface area contributed by atoms with Gasteiger partial charge in [0.25, 0.3) is 5.91 Å². The van der Waals surface area contributed by atoms with E-state index in [9.17, 15) is 9.70 Å². The molecule has 0 heterocycles. The summed E-state index contributed by atoms with van der Waals surface area (Å²) < 4.78 is 0. The van der Waals surface area contributed by atoms with Gasteiger partial charge in [-0.25, -0.2) is 0 Å². The predicted molar refractivity (Wildman–Crippen MR) is 69.4 cm³/mol. The van der Waals surface area contributed by atoms with E-state index in [2.05, 4.69) is 16.0 Å². The van der Waals surface area contributed by atoms with Crippen LogP contribution in [-0.4, -0.2) is 5.91 Å². The van der Waals surface area contributed by atoms with Gasteiger partial charge in [0.15, 0.2) is 0 Å². The maximum absolute atomic E-state index is 11.7. The number of carbonyl (C=O) groups excluding carboxylic acids is 1. The van der Waals surface area contributed by atoms with E-state index in [0.717, 1.165) is 0 Å². The summed E-state index contributed by atoms with van der Waals surface area (Å²) in [4.78, 5) is 21.9. The monoisotopic (exact) mass is 241 g/mol. The molecule has 0 saturated heterocycles. The molecule has 0 aliphatic carbocycles. The fraction of sp³-hybridized carbons (Fsp3) is 0. The second-order valence-electron chi connectivity index (χ2n) is 3.58. The molecule has 2 aromatic carbocycles. The number of hydrogen-bond acceptors (Lipinski definition) is 4. The van der Waals surface area contributed by atoms with Crippen molar-refractivity contribution in [3.63, 3.8) is 0 Å². The van der Waals surface area contributed by atoms with E-state index in [1.54, 1.807) is 48.5 Å². The van der Waals surface area contributed by atoms with Crippen molar-refractivity contribution in [2.24, 2.45) is 5.18 Å². The van der Waals surface area contributed by atoms with Crippen LogP contribution in [0.25, 0.3) is 0 Å². The van der Waals surface area contributed by atoms with Crippen molar-refractivity contribution < 1.29 is 4.79 Å². The van der Waals surface area contributed by atoms with Gasteiger partial charge in [0.1, 0.15) is 5.69 Å². The number of amides is 1. The van der Waals surface area contributed by atoms with Gasteiger partial charge in [-0.3, -0.25) is 15.6 Å². The summed E-state index contributed by atoms with van der Waals surface area (Å²) in [5.41, 5.74) is 6.89. The summed E-state index contributed by atoms with van der Waals surface area (Å²) in [6.07, 6.45) is 0. The first kappa shape index (κ1) is 11.8. The first-order valence-corrected chi connectivity index (χ1v) is 5.34. The van der Waals surface area contributed by atoms with Crippen molar-refractivity contribution in [1.82, 2.24) is 5.43 Å². The summed E-state index contributed by atoms with van der Waals surface area (Å²) in [5, 5.41) is 2.79. The van der Waals surface area contributed by atoms with Crippen LogP contribution in [-0.2, 0) is 0 Å². The second-order valence-corrected chi connectivity index (χ2v) is 3.58. The lowest BCUT2D eigenvalue weighted by molar-refractivity contribution is 0.0962. The highest BCUT2D eigenvalue weighted by atomic mass is 16.3. The molecule has 5 heteroatoms. The fourth-order valence-corrected chi connectivity index (χ4v) is 1.40.